The van der Waals surface area contributed by atoms with Gasteiger partial charge in [-0.2, -0.15) is 0 Å². The smallest absolute Gasteiger partial charge is 0.0429 e. The fourth-order valence-corrected chi connectivity index (χ4v) is 9.12. The van der Waals surface area contributed by atoms with Crippen LogP contribution in [0.4, 0.5) is 0 Å². The van der Waals surface area contributed by atoms with Crippen LogP contribution in [-0.2, 0) is 11.8 Å². The van der Waals surface area contributed by atoms with Gasteiger partial charge in [-0.3, -0.25) is 0 Å². The Morgan fingerprint density at radius 2 is 1.00 bits per heavy atom. The molecule has 0 aliphatic rings. The van der Waals surface area contributed by atoms with Gasteiger partial charge in [0.15, 0.2) is 0 Å². The third-order valence-electron chi connectivity index (χ3n) is 12.4. The molecule has 0 nitrogen and oxygen atoms in total. The second kappa shape index (κ2) is 22.9. The molecule has 9 aromatic carbocycles. The van der Waals surface area contributed by atoms with E-state index in [1.165, 1.54) is 82.4 Å². The van der Waals surface area contributed by atoms with Crippen molar-refractivity contribution in [1.29, 1.82) is 0 Å². The first-order valence-electron chi connectivity index (χ1n) is 23.2. The van der Waals surface area contributed by atoms with E-state index in [1.807, 2.05) is 20.8 Å². The van der Waals surface area contributed by atoms with Crippen molar-refractivity contribution < 1.29 is 0 Å². The highest BCUT2D eigenvalue weighted by atomic mass is 14.4. The molecule has 0 aliphatic heterocycles. The minimum Gasteiger partial charge on any atom is -0.106 e. The molecule has 0 unspecified atom stereocenters. The third kappa shape index (κ3) is 10.0. The van der Waals surface area contributed by atoms with Gasteiger partial charge in [-0.1, -0.05) is 227 Å². The van der Waals surface area contributed by atoms with Crippen molar-refractivity contribution in [2.24, 2.45) is 0 Å². The van der Waals surface area contributed by atoms with Crippen molar-refractivity contribution in [1.82, 2.24) is 0 Å². The van der Waals surface area contributed by atoms with E-state index >= 15 is 0 Å². The van der Waals surface area contributed by atoms with E-state index in [-0.39, 0.29) is 5.41 Å². The molecular formula is C66H64. The van der Waals surface area contributed by atoms with Crippen LogP contribution in [0.1, 0.15) is 79.1 Å². The number of fused-ring (bicyclic) bond motifs is 5. The van der Waals surface area contributed by atoms with Crippen LogP contribution >= 0.6 is 0 Å². The minimum absolute atomic E-state index is 0.379. The van der Waals surface area contributed by atoms with E-state index in [4.69, 9.17) is 6.58 Å². The highest BCUT2D eigenvalue weighted by molar-refractivity contribution is 6.23. The Labute approximate surface area is 395 Å². The first-order chi connectivity index (χ1) is 32.3. The fraction of sp³-hybridized carbons (Fsp3) is 0.121. The van der Waals surface area contributed by atoms with Gasteiger partial charge in [-0.15, -0.1) is 19.7 Å². The Kier molecular flexibility index (Phi) is 16.6. The van der Waals surface area contributed by atoms with E-state index < -0.39 is 0 Å². The number of hydrogen-bond donors (Lipinski definition) is 0. The molecule has 0 fully saturated rings. The van der Waals surface area contributed by atoms with Gasteiger partial charge in [-0.05, 0) is 145 Å². The summed E-state index contributed by atoms with van der Waals surface area (Å²) in [4.78, 5) is 0. The van der Waals surface area contributed by atoms with Gasteiger partial charge in [0.1, 0.15) is 0 Å². The second-order valence-corrected chi connectivity index (χ2v) is 16.3. The van der Waals surface area contributed by atoms with E-state index in [2.05, 4.69) is 253 Å². The summed E-state index contributed by atoms with van der Waals surface area (Å²) >= 11 is 0. The maximum atomic E-state index is 4.70. The molecule has 0 heterocycles. The Morgan fingerprint density at radius 1 is 0.515 bits per heavy atom. The normalized spacial score (nSPS) is 11.2. The molecule has 0 saturated carbocycles. The van der Waals surface area contributed by atoms with Crippen LogP contribution in [0.3, 0.4) is 0 Å². The van der Waals surface area contributed by atoms with Crippen molar-refractivity contribution in [3.63, 3.8) is 0 Å². The highest BCUT2D eigenvalue weighted by Crippen LogP contribution is 2.44. The van der Waals surface area contributed by atoms with Gasteiger partial charge < -0.3 is 0 Å². The van der Waals surface area contributed by atoms with Crippen LogP contribution < -0.4 is 0 Å². The monoisotopic (exact) mass is 857 g/mol. The third-order valence-corrected chi connectivity index (χ3v) is 12.4. The van der Waals surface area contributed by atoms with Crippen LogP contribution in [0.25, 0.3) is 54.6 Å². The summed E-state index contributed by atoms with van der Waals surface area (Å²) in [7, 11) is 0. The first-order valence-corrected chi connectivity index (χ1v) is 23.2. The molecular weight excluding hydrogens is 793 g/mol. The summed E-state index contributed by atoms with van der Waals surface area (Å²) in [6.45, 7) is 26.7. The largest absolute Gasteiger partial charge is 0.106 e. The molecule has 0 heteroatoms. The summed E-state index contributed by atoms with van der Waals surface area (Å²) in [6, 6.07) is 70.9. The quantitative estimate of drug-likeness (QED) is 0.0556. The molecule has 0 atom stereocenters. The van der Waals surface area contributed by atoms with Gasteiger partial charge in [0, 0.05) is 5.41 Å². The van der Waals surface area contributed by atoms with Crippen molar-refractivity contribution in [3.8, 4) is 11.1 Å². The predicted molar refractivity (Wildman–Crippen MR) is 294 cm³/mol. The summed E-state index contributed by atoms with van der Waals surface area (Å²) in [5.41, 5.74) is 14.3. The Morgan fingerprint density at radius 3 is 1.59 bits per heavy atom. The van der Waals surface area contributed by atoms with Gasteiger partial charge in [0.05, 0.1) is 0 Å². The molecule has 66 heavy (non-hydrogen) atoms. The number of allylic oxidation sites excluding steroid dienone is 6. The summed E-state index contributed by atoms with van der Waals surface area (Å²) < 4.78 is 0. The van der Waals surface area contributed by atoms with E-state index in [1.54, 1.807) is 6.08 Å². The predicted octanol–water partition coefficient (Wildman–Crippen LogP) is 18.8. The lowest BCUT2D eigenvalue weighted by molar-refractivity contribution is 0.690. The zero-order chi connectivity index (χ0) is 47.1. The maximum Gasteiger partial charge on any atom is 0.0429 e. The number of aryl methyl sites for hydroxylation is 1. The van der Waals surface area contributed by atoms with Crippen LogP contribution in [0.15, 0.2) is 245 Å². The van der Waals surface area contributed by atoms with Crippen molar-refractivity contribution in [2.75, 3.05) is 0 Å². The number of rotatable bonds is 10. The summed E-state index contributed by atoms with van der Waals surface area (Å²) in [5.74, 6) is 0. The average Bonchev–Trinajstić information content (AvgIpc) is 3.39. The minimum atomic E-state index is -0.379. The molecule has 0 bridgehead atoms. The number of hydrogen-bond acceptors (Lipinski definition) is 0. The fourth-order valence-electron chi connectivity index (χ4n) is 9.12. The molecule has 0 aromatic heterocycles. The molecule has 0 radical (unpaired) electrons. The average molecular weight is 857 g/mol. The van der Waals surface area contributed by atoms with Gasteiger partial charge >= 0.3 is 0 Å². The molecule has 0 spiro atoms. The second-order valence-electron chi connectivity index (χ2n) is 16.3. The Bertz CT molecular complexity index is 3070. The molecule has 0 amide bonds. The summed E-state index contributed by atoms with van der Waals surface area (Å²) in [5, 5.41) is 7.53. The van der Waals surface area contributed by atoms with Gasteiger partial charge in [-0.25, -0.2) is 0 Å². The lowest BCUT2D eigenvalue weighted by Gasteiger charge is -2.34. The SMILES string of the molecule is C=C.C=C(/C=C\C(=C/C)c1cc2c3ccccc3c(-c3ccc(C)c(Cc4ccccc4)c3)cc2c2ccccc12)c1ccccc1C(C)(c1ccccc1)c1ccccc1.C=CC.CC. The van der Waals surface area contributed by atoms with E-state index in [0.717, 1.165) is 23.1 Å². The van der Waals surface area contributed by atoms with Crippen molar-refractivity contribution in [3.05, 3.63) is 289 Å². The van der Waals surface area contributed by atoms with Crippen molar-refractivity contribution >= 4 is 43.5 Å². The zero-order valence-corrected chi connectivity index (χ0v) is 39.8. The van der Waals surface area contributed by atoms with Crippen LogP contribution in [0.5, 0.6) is 0 Å². The molecule has 9 rings (SSSR count). The van der Waals surface area contributed by atoms with Crippen LogP contribution in [-0.4, -0.2) is 0 Å². The molecule has 9 aromatic rings. The van der Waals surface area contributed by atoms with Crippen LogP contribution in [0.2, 0.25) is 0 Å². The molecule has 0 saturated heterocycles. The Balaban J connectivity index is 0.000000977. The number of benzene rings is 9. The maximum absolute atomic E-state index is 4.70. The van der Waals surface area contributed by atoms with Gasteiger partial charge in [0.2, 0.25) is 0 Å². The zero-order valence-electron chi connectivity index (χ0n) is 39.8. The van der Waals surface area contributed by atoms with E-state index in [9.17, 15) is 0 Å². The highest BCUT2D eigenvalue weighted by Gasteiger charge is 2.33. The summed E-state index contributed by atoms with van der Waals surface area (Å²) in [6.07, 6.45) is 9.36. The molecule has 328 valence electrons. The Hall–Kier alpha value is -7.54. The molecule has 0 N–H and O–H groups in total. The van der Waals surface area contributed by atoms with E-state index in [0.29, 0.717) is 0 Å². The topological polar surface area (TPSA) is 0 Å². The molecule has 0 aliphatic carbocycles. The van der Waals surface area contributed by atoms with Gasteiger partial charge in [0.25, 0.3) is 0 Å². The lowest BCUT2D eigenvalue weighted by Crippen LogP contribution is -2.26. The standard InChI is InChI=1S/C59H48.C3H6.C2H6.C2H4/c1-5-44(35-34-42(3)49-27-19-20-32-58(49)59(4,47-23-11-7-12-24-47)48-25-13-8-14-26-48)54-39-56-53-31-18-16-29-51(53)55(40-57(56)52-30-17-15-28-50(52)54)45-36-33-41(2)46(38-45)37-43-21-9-6-10-22-43;1-3-2;2*1-2/h5-36,38-40H,3,37H2,1-2,4H3;3H,1H2,2H3;1-2H3;1-2H2/b35-34-,44-5+;;;. The van der Waals surface area contributed by atoms with Crippen LogP contribution in [0, 0.1) is 6.92 Å². The van der Waals surface area contributed by atoms with Crippen molar-refractivity contribution in [2.45, 2.75) is 53.4 Å². The lowest BCUT2D eigenvalue weighted by atomic mass is 9.69. The first kappa shape index (κ1) is 47.9.